The van der Waals surface area contributed by atoms with E-state index in [-0.39, 0.29) is 11.1 Å². The van der Waals surface area contributed by atoms with Crippen LogP contribution >= 0.6 is 34.8 Å². The monoisotopic (exact) mass is 504 g/mol. The van der Waals surface area contributed by atoms with Crippen LogP contribution in [0, 0.1) is 3.57 Å². The average molecular weight is 504 g/mol. The number of ether oxygens (including phenoxy) is 2. The van der Waals surface area contributed by atoms with Crippen molar-refractivity contribution in [2.45, 2.75) is 0 Å². The zero-order valence-corrected chi connectivity index (χ0v) is 17.9. The fourth-order valence-electron chi connectivity index (χ4n) is 2.34. The Morgan fingerprint density at radius 2 is 1.36 bits per heavy atom. The number of hydrogen-bond acceptors (Lipinski definition) is 4. The third-order valence-electron chi connectivity index (χ3n) is 3.77. The van der Waals surface area contributed by atoms with Gasteiger partial charge >= 0.3 is 0 Å². The smallest absolute Gasteiger partial charge is 0.266 e. The third kappa shape index (κ3) is 5.67. The summed E-state index contributed by atoms with van der Waals surface area (Å²) in [6, 6.07) is 21.7. The predicted octanol–water partition coefficient (Wildman–Crippen LogP) is 5.33. The van der Waals surface area contributed by atoms with Crippen molar-refractivity contribution in [3.05, 3.63) is 81.9 Å². The molecule has 0 atom stereocenters. The van der Waals surface area contributed by atoms with Crippen LogP contribution in [0.2, 0.25) is 0 Å². The Kier molecular flexibility index (Phi) is 6.83. The van der Waals surface area contributed by atoms with E-state index in [0.29, 0.717) is 11.3 Å². The van der Waals surface area contributed by atoms with Crippen LogP contribution in [-0.4, -0.2) is 18.2 Å². The summed E-state index contributed by atoms with van der Waals surface area (Å²) in [4.78, 5) is 12.3. The molecule has 1 amide bonds. The molecule has 0 fully saturated rings. The summed E-state index contributed by atoms with van der Waals surface area (Å²) >= 11 is 7.43. The van der Waals surface area contributed by atoms with Crippen LogP contribution in [0.3, 0.4) is 0 Å². The molecule has 0 bridgehead atoms. The highest BCUT2D eigenvalue weighted by Crippen LogP contribution is 2.18. The van der Waals surface area contributed by atoms with Crippen LogP contribution in [-0.2, 0) is 0 Å². The molecule has 2 N–H and O–H groups in total. The number of thiocarbonyl (C=S) groups is 1. The maximum absolute atomic E-state index is 12.3. The van der Waals surface area contributed by atoms with E-state index in [1.165, 1.54) is 0 Å². The molecule has 7 heteroatoms. The van der Waals surface area contributed by atoms with Gasteiger partial charge in [-0.05, 0) is 108 Å². The Labute approximate surface area is 182 Å². The van der Waals surface area contributed by atoms with Crippen LogP contribution in [0.4, 0.5) is 11.4 Å². The minimum absolute atomic E-state index is 0.188. The molecule has 0 aliphatic rings. The lowest BCUT2D eigenvalue weighted by molar-refractivity contribution is 0.102. The SMILES string of the molecule is COc1ccc(NC(=S)Oc2ccc(C(=O)Nc3ccc(I)cc3)cc2)cc1. The maximum Gasteiger partial charge on any atom is 0.266 e. The molecule has 3 rings (SSSR count). The van der Waals surface area contributed by atoms with Crippen molar-refractivity contribution in [2.24, 2.45) is 0 Å². The number of carbonyl (C=O) groups is 1. The second-order valence-electron chi connectivity index (χ2n) is 5.73. The van der Waals surface area contributed by atoms with Gasteiger partial charge in [0.2, 0.25) is 0 Å². The van der Waals surface area contributed by atoms with Crippen LogP contribution in [0.15, 0.2) is 72.8 Å². The molecule has 3 aromatic carbocycles. The second-order valence-corrected chi connectivity index (χ2v) is 7.34. The molecular formula is C21H17IN2O3S. The normalized spacial score (nSPS) is 10.1. The first-order valence-electron chi connectivity index (χ1n) is 8.33. The lowest BCUT2D eigenvalue weighted by atomic mass is 10.2. The van der Waals surface area contributed by atoms with Gasteiger partial charge in [0.25, 0.3) is 11.1 Å². The quantitative estimate of drug-likeness (QED) is 0.364. The molecule has 0 saturated carbocycles. The number of amides is 1. The Morgan fingerprint density at radius 1 is 0.821 bits per heavy atom. The summed E-state index contributed by atoms with van der Waals surface area (Å²) in [7, 11) is 1.61. The van der Waals surface area contributed by atoms with Gasteiger partial charge in [0.05, 0.1) is 7.11 Å². The summed E-state index contributed by atoms with van der Waals surface area (Å²) < 4.78 is 11.8. The number of rotatable bonds is 5. The van der Waals surface area contributed by atoms with Gasteiger partial charge in [0, 0.05) is 20.5 Å². The molecule has 0 radical (unpaired) electrons. The van der Waals surface area contributed by atoms with Gasteiger partial charge in [-0.25, -0.2) is 0 Å². The molecular weight excluding hydrogens is 487 g/mol. The largest absolute Gasteiger partial charge is 0.497 e. The Hall–Kier alpha value is -2.65. The minimum atomic E-state index is -0.188. The van der Waals surface area contributed by atoms with Crippen molar-refractivity contribution in [3.63, 3.8) is 0 Å². The van der Waals surface area contributed by atoms with Crippen molar-refractivity contribution in [1.82, 2.24) is 0 Å². The molecule has 0 spiro atoms. The van der Waals surface area contributed by atoms with E-state index in [1.807, 2.05) is 48.5 Å². The van der Waals surface area contributed by atoms with E-state index in [9.17, 15) is 4.79 Å². The molecule has 5 nitrogen and oxygen atoms in total. The first-order chi connectivity index (χ1) is 13.5. The van der Waals surface area contributed by atoms with Crippen LogP contribution < -0.4 is 20.1 Å². The van der Waals surface area contributed by atoms with Crippen LogP contribution in [0.5, 0.6) is 11.5 Å². The molecule has 0 unspecified atom stereocenters. The highest BCUT2D eigenvalue weighted by atomic mass is 127. The molecule has 142 valence electrons. The molecule has 0 aliphatic heterocycles. The van der Waals surface area contributed by atoms with Gasteiger partial charge < -0.3 is 20.1 Å². The molecule has 0 saturated heterocycles. The fourth-order valence-corrected chi connectivity index (χ4v) is 2.91. The number of carbonyl (C=O) groups excluding carboxylic acids is 1. The summed E-state index contributed by atoms with van der Waals surface area (Å²) in [5.41, 5.74) is 2.06. The number of halogens is 1. The highest BCUT2D eigenvalue weighted by molar-refractivity contribution is 14.1. The Balaban J connectivity index is 1.56. The van der Waals surface area contributed by atoms with Gasteiger partial charge in [-0.2, -0.15) is 0 Å². The van der Waals surface area contributed by atoms with Crippen LogP contribution in [0.25, 0.3) is 0 Å². The maximum atomic E-state index is 12.3. The lowest BCUT2D eigenvalue weighted by Crippen LogP contribution is -2.16. The third-order valence-corrected chi connectivity index (χ3v) is 4.67. The van der Waals surface area contributed by atoms with Crippen molar-refractivity contribution < 1.29 is 14.3 Å². The van der Waals surface area contributed by atoms with E-state index in [0.717, 1.165) is 20.7 Å². The zero-order valence-electron chi connectivity index (χ0n) is 14.9. The molecule has 0 heterocycles. The van der Waals surface area contributed by atoms with Gasteiger partial charge in [0.15, 0.2) is 0 Å². The summed E-state index contributed by atoms with van der Waals surface area (Å²) in [6.07, 6.45) is 0. The fraction of sp³-hybridized carbons (Fsp3) is 0.0476. The number of benzene rings is 3. The molecule has 0 aromatic heterocycles. The number of anilines is 2. The van der Waals surface area contributed by atoms with Crippen molar-refractivity contribution in [3.8, 4) is 11.5 Å². The minimum Gasteiger partial charge on any atom is -0.497 e. The van der Waals surface area contributed by atoms with E-state index in [1.54, 1.807) is 31.4 Å². The average Bonchev–Trinajstić information content (AvgIpc) is 2.71. The molecule has 28 heavy (non-hydrogen) atoms. The Bertz CT molecular complexity index is 958. The topological polar surface area (TPSA) is 59.6 Å². The number of nitrogens with one attached hydrogen (secondary N) is 2. The van der Waals surface area contributed by atoms with Crippen LogP contribution in [0.1, 0.15) is 10.4 Å². The first kappa shape index (κ1) is 20.1. The zero-order chi connectivity index (χ0) is 19.9. The van der Waals surface area contributed by atoms with Crippen molar-refractivity contribution in [1.29, 1.82) is 0 Å². The summed E-state index contributed by atoms with van der Waals surface area (Å²) in [5, 5.41) is 6.06. The summed E-state index contributed by atoms with van der Waals surface area (Å²) in [6.45, 7) is 0. The van der Waals surface area contributed by atoms with E-state index in [4.69, 9.17) is 21.7 Å². The summed E-state index contributed by atoms with van der Waals surface area (Å²) in [5.74, 6) is 1.11. The van der Waals surface area contributed by atoms with E-state index < -0.39 is 0 Å². The molecule has 0 aliphatic carbocycles. The van der Waals surface area contributed by atoms with E-state index >= 15 is 0 Å². The highest BCUT2D eigenvalue weighted by Gasteiger charge is 2.08. The van der Waals surface area contributed by atoms with Gasteiger partial charge in [0.1, 0.15) is 11.5 Å². The number of methoxy groups -OCH3 is 1. The van der Waals surface area contributed by atoms with Gasteiger partial charge in [-0.15, -0.1) is 0 Å². The predicted molar refractivity (Wildman–Crippen MR) is 123 cm³/mol. The van der Waals surface area contributed by atoms with E-state index in [2.05, 4.69) is 33.2 Å². The lowest BCUT2D eigenvalue weighted by Gasteiger charge is -2.10. The van der Waals surface area contributed by atoms with Crippen molar-refractivity contribution >= 4 is 57.3 Å². The number of hydrogen-bond donors (Lipinski definition) is 2. The second kappa shape index (κ2) is 9.52. The molecule has 3 aromatic rings. The Morgan fingerprint density at radius 3 is 1.96 bits per heavy atom. The van der Waals surface area contributed by atoms with Gasteiger partial charge in [-0.3, -0.25) is 4.79 Å². The first-order valence-corrected chi connectivity index (χ1v) is 9.82. The van der Waals surface area contributed by atoms with Crippen molar-refractivity contribution in [2.75, 3.05) is 17.7 Å². The van der Waals surface area contributed by atoms with Gasteiger partial charge in [-0.1, -0.05) is 0 Å². The standard InChI is InChI=1S/C21H17IN2O3S/c1-26-18-12-8-17(9-13-18)24-21(28)27-19-10-2-14(3-11-19)20(25)23-16-6-4-15(22)5-7-16/h2-13H,1H3,(H,23,25)(H,24,28).